The van der Waals surface area contributed by atoms with E-state index in [0.29, 0.717) is 21.9 Å². The first kappa shape index (κ1) is 17.0. The number of rotatable bonds is 4. The number of aromatic nitrogens is 1. The van der Waals surface area contributed by atoms with E-state index in [4.69, 9.17) is 11.6 Å². The molecule has 0 saturated carbocycles. The van der Waals surface area contributed by atoms with Crippen LogP contribution in [0.4, 0.5) is 0 Å². The summed E-state index contributed by atoms with van der Waals surface area (Å²) in [5.41, 5.74) is 1.57. The van der Waals surface area contributed by atoms with Crippen LogP contribution < -0.4 is 4.80 Å². The third-order valence-corrected chi connectivity index (χ3v) is 5.51. The van der Waals surface area contributed by atoms with Crippen LogP contribution in [0.3, 0.4) is 0 Å². The number of benzene rings is 2. The molecule has 122 valence electrons. The van der Waals surface area contributed by atoms with Crippen LogP contribution in [-0.4, -0.2) is 16.7 Å². The van der Waals surface area contributed by atoms with Crippen molar-refractivity contribution in [2.45, 2.75) is 11.4 Å². The molecule has 0 fully saturated rings. The Kier molecular flexibility index (Phi) is 5.23. The van der Waals surface area contributed by atoms with Gasteiger partial charge in [-0.25, -0.2) is 0 Å². The fourth-order valence-corrected chi connectivity index (χ4v) is 4.04. The van der Waals surface area contributed by atoms with Gasteiger partial charge < -0.3 is 4.57 Å². The number of amides is 1. The van der Waals surface area contributed by atoms with Gasteiger partial charge in [-0.2, -0.15) is 4.99 Å². The molecule has 0 aliphatic heterocycles. The molecular formula is C18H15ClN2OS2. The monoisotopic (exact) mass is 374 g/mol. The van der Waals surface area contributed by atoms with Crippen molar-refractivity contribution in [3.05, 3.63) is 70.5 Å². The SMILES string of the molecule is C=CCn1c(=NC(=O)c2ccc(SC)cc2)sc2cc(Cl)ccc21. The number of allylic oxidation sites excluding steroid dienone is 1. The zero-order valence-corrected chi connectivity index (χ0v) is 15.4. The number of nitrogens with zero attached hydrogens (tertiary/aromatic N) is 2. The third-order valence-electron chi connectivity index (χ3n) is 3.49. The largest absolute Gasteiger partial charge is 0.312 e. The molecule has 0 aliphatic carbocycles. The zero-order chi connectivity index (χ0) is 17.1. The lowest BCUT2D eigenvalue weighted by Gasteiger charge is -2.01. The number of carbonyl (C=O) groups excluding carboxylic acids is 1. The number of fused-ring (bicyclic) bond motifs is 1. The average Bonchev–Trinajstić information content (AvgIpc) is 2.91. The molecule has 3 nitrogen and oxygen atoms in total. The molecule has 0 N–H and O–H groups in total. The van der Waals surface area contributed by atoms with Crippen molar-refractivity contribution >= 4 is 50.8 Å². The van der Waals surface area contributed by atoms with Gasteiger partial charge in [-0.15, -0.1) is 18.3 Å². The molecule has 0 atom stereocenters. The number of carbonyl (C=O) groups is 1. The van der Waals surface area contributed by atoms with E-state index < -0.39 is 0 Å². The topological polar surface area (TPSA) is 34.4 Å². The summed E-state index contributed by atoms with van der Waals surface area (Å²) < 4.78 is 2.96. The van der Waals surface area contributed by atoms with Gasteiger partial charge in [-0.05, 0) is 48.7 Å². The first-order valence-electron chi connectivity index (χ1n) is 7.25. The second-order valence-corrected chi connectivity index (χ2v) is 7.37. The van der Waals surface area contributed by atoms with Gasteiger partial charge in [0.05, 0.1) is 10.2 Å². The number of thioether (sulfide) groups is 1. The highest BCUT2D eigenvalue weighted by Gasteiger charge is 2.09. The van der Waals surface area contributed by atoms with Gasteiger partial charge in [0.25, 0.3) is 5.91 Å². The van der Waals surface area contributed by atoms with E-state index in [1.807, 2.05) is 41.2 Å². The van der Waals surface area contributed by atoms with E-state index in [0.717, 1.165) is 15.1 Å². The Balaban J connectivity index is 2.08. The van der Waals surface area contributed by atoms with Crippen molar-refractivity contribution < 1.29 is 4.79 Å². The molecule has 2 aromatic carbocycles. The number of halogens is 1. The Bertz CT molecular complexity index is 971. The molecule has 0 bridgehead atoms. The summed E-state index contributed by atoms with van der Waals surface area (Å²) in [6.07, 6.45) is 3.79. The minimum Gasteiger partial charge on any atom is -0.312 e. The van der Waals surface area contributed by atoms with Crippen LogP contribution in [0.15, 0.2) is 65.0 Å². The van der Waals surface area contributed by atoms with Gasteiger partial charge in [0.2, 0.25) is 0 Å². The lowest BCUT2D eigenvalue weighted by Crippen LogP contribution is -2.16. The summed E-state index contributed by atoms with van der Waals surface area (Å²) >= 11 is 9.15. The molecule has 1 aromatic heterocycles. The van der Waals surface area contributed by atoms with Crippen molar-refractivity contribution in [1.29, 1.82) is 0 Å². The Hall–Kier alpha value is -1.82. The van der Waals surface area contributed by atoms with Crippen LogP contribution in [-0.2, 0) is 6.54 Å². The van der Waals surface area contributed by atoms with E-state index in [2.05, 4.69) is 11.6 Å². The van der Waals surface area contributed by atoms with Crippen LogP contribution >= 0.6 is 34.7 Å². The number of thiazole rings is 1. The molecule has 1 heterocycles. The minimum atomic E-state index is -0.252. The summed E-state index contributed by atoms with van der Waals surface area (Å²) in [5, 5.41) is 0.667. The van der Waals surface area contributed by atoms with Crippen LogP contribution in [0.2, 0.25) is 5.02 Å². The predicted octanol–water partition coefficient (Wildman–Crippen LogP) is 5.01. The molecule has 3 rings (SSSR count). The smallest absolute Gasteiger partial charge is 0.279 e. The van der Waals surface area contributed by atoms with E-state index >= 15 is 0 Å². The van der Waals surface area contributed by atoms with E-state index in [1.165, 1.54) is 11.3 Å². The standard InChI is InChI=1S/C18H15ClN2OS2/c1-3-10-21-15-9-6-13(19)11-16(15)24-18(21)20-17(22)12-4-7-14(23-2)8-5-12/h3-9,11H,1,10H2,2H3. The molecule has 24 heavy (non-hydrogen) atoms. The van der Waals surface area contributed by atoms with Gasteiger partial charge in [-0.1, -0.05) is 29.0 Å². The Morgan fingerprint density at radius 1 is 1.33 bits per heavy atom. The van der Waals surface area contributed by atoms with Crippen LogP contribution in [0.25, 0.3) is 10.2 Å². The normalized spacial score (nSPS) is 11.8. The fraction of sp³-hybridized carbons (Fsp3) is 0.111. The molecule has 3 aromatic rings. The number of hydrogen-bond acceptors (Lipinski definition) is 3. The lowest BCUT2D eigenvalue weighted by molar-refractivity contribution is 0.0998. The maximum absolute atomic E-state index is 12.5. The lowest BCUT2D eigenvalue weighted by atomic mass is 10.2. The van der Waals surface area contributed by atoms with Gasteiger partial charge in [0, 0.05) is 22.0 Å². The first-order chi connectivity index (χ1) is 11.6. The van der Waals surface area contributed by atoms with Crippen LogP contribution in [0.5, 0.6) is 0 Å². The van der Waals surface area contributed by atoms with Crippen LogP contribution in [0.1, 0.15) is 10.4 Å². The van der Waals surface area contributed by atoms with Crippen LogP contribution in [0, 0.1) is 0 Å². The summed E-state index contributed by atoms with van der Waals surface area (Å²) in [4.78, 5) is 18.6. The van der Waals surface area contributed by atoms with Crippen molar-refractivity contribution in [1.82, 2.24) is 4.57 Å². The highest BCUT2D eigenvalue weighted by molar-refractivity contribution is 7.98. The first-order valence-corrected chi connectivity index (χ1v) is 9.67. The summed E-state index contributed by atoms with van der Waals surface area (Å²) in [5.74, 6) is -0.252. The van der Waals surface area contributed by atoms with E-state index in [1.54, 1.807) is 30.0 Å². The molecule has 0 saturated heterocycles. The van der Waals surface area contributed by atoms with Crippen molar-refractivity contribution in [3.8, 4) is 0 Å². The summed E-state index contributed by atoms with van der Waals surface area (Å²) in [6.45, 7) is 4.37. The van der Waals surface area contributed by atoms with Crippen molar-refractivity contribution in [2.24, 2.45) is 4.99 Å². The molecule has 6 heteroatoms. The molecule has 0 radical (unpaired) electrons. The third kappa shape index (κ3) is 3.48. The Morgan fingerprint density at radius 3 is 2.75 bits per heavy atom. The van der Waals surface area contributed by atoms with Gasteiger partial charge in [-0.3, -0.25) is 4.79 Å². The maximum atomic E-state index is 12.5. The van der Waals surface area contributed by atoms with Gasteiger partial charge in [0.15, 0.2) is 4.80 Å². The van der Waals surface area contributed by atoms with E-state index in [-0.39, 0.29) is 5.91 Å². The maximum Gasteiger partial charge on any atom is 0.279 e. The second-order valence-electron chi connectivity index (χ2n) is 5.04. The van der Waals surface area contributed by atoms with Gasteiger partial charge in [0.1, 0.15) is 0 Å². The summed E-state index contributed by atoms with van der Waals surface area (Å²) in [7, 11) is 0. The Morgan fingerprint density at radius 2 is 2.08 bits per heavy atom. The highest BCUT2D eigenvalue weighted by atomic mass is 35.5. The molecule has 0 aliphatic rings. The minimum absolute atomic E-state index is 0.252. The van der Waals surface area contributed by atoms with Crippen molar-refractivity contribution in [3.63, 3.8) is 0 Å². The Labute approximate surface area is 153 Å². The second kappa shape index (κ2) is 7.38. The quantitative estimate of drug-likeness (QED) is 0.475. The number of hydrogen-bond donors (Lipinski definition) is 0. The molecular weight excluding hydrogens is 360 g/mol. The fourth-order valence-electron chi connectivity index (χ4n) is 2.32. The highest BCUT2D eigenvalue weighted by Crippen LogP contribution is 2.22. The predicted molar refractivity (Wildman–Crippen MR) is 103 cm³/mol. The average molecular weight is 375 g/mol. The van der Waals surface area contributed by atoms with E-state index in [9.17, 15) is 4.79 Å². The molecule has 1 amide bonds. The molecule has 0 unspecified atom stereocenters. The zero-order valence-electron chi connectivity index (χ0n) is 13.0. The van der Waals surface area contributed by atoms with Crippen molar-refractivity contribution in [2.75, 3.05) is 6.26 Å². The van der Waals surface area contributed by atoms with Gasteiger partial charge >= 0.3 is 0 Å². The summed E-state index contributed by atoms with van der Waals surface area (Å²) in [6, 6.07) is 13.1. The molecule has 0 spiro atoms.